The fourth-order valence-corrected chi connectivity index (χ4v) is 0.321. The molecule has 3 heteroatoms. The normalized spacial score (nSPS) is 5.56. The van der Waals surface area contributed by atoms with Crippen molar-refractivity contribution in [2.75, 3.05) is 0 Å². The average molecular weight is 209 g/mol. The van der Waals surface area contributed by atoms with Crippen LogP contribution in [0.4, 0.5) is 5.25 Å². The van der Waals surface area contributed by atoms with Gasteiger partial charge in [-0.25, -0.2) is 12.1 Å². The second-order valence-corrected chi connectivity index (χ2v) is 1.38. The van der Waals surface area contributed by atoms with Crippen molar-refractivity contribution in [3.05, 3.63) is 37.8 Å². The van der Waals surface area contributed by atoms with Crippen LogP contribution in [0, 0.1) is 7.43 Å². The van der Waals surface area contributed by atoms with Crippen molar-refractivity contribution < 1.29 is 29.7 Å². The monoisotopic (exact) mass is 208 g/mol. The summed E-state index contributed by atoms with van der Waals surface area (Å²) in [7, 11) is 0. The van der Waals surface area contributed by atoms with Crippen LogP contribution in [0.5, 0.6) is 0 Å². The first-order chi connectivity index (χ1) is 3.91. The van der Waals surface area contributed by atoms with Crippen LogP contribution in [-0.2, 0) is 24.5 Å². The summed E-state index contributed by atoms with van der Waals surface area (Å²) in [5, 5.41) is 0. The van der Waals surface area contributed by atoms with E-state index in [1.807, 2.05) is 30.3 Å². The molecule has 0 aliphatic rings. The fourth-order valence-electron chi connectivity index (χ4n) is 0.321. The molecule has 1 aromatic carbocycles. The molecule has 0 bridgehead atoms. The molecule has 1 aromatic rings. The van der Waals surface area contributed by atoms with Gasteiger partial charge in [-0.3, -0.25) is 0 Å². The Morgan fingerprint density at radius 1 is 1.11 bits per heavy atom. The zero-order valence-electron chi connectivity index (χ0n) is 5.14. The van der Waals surface area contributed by atoms with Crippen molar-refractivity contribution in [2.24, 2.45) is 0 Å². The average Bonchev–Trinajstić information content (AvgIpc) is 2.17. The number of hydrogen-bond acceptors (Lipinski definition) is 0. The predicted octanol–water partition coefficient (Wildman–Crippen LogP) is 2.69. The van der Waals surface area contributed by atoms with Gasteiger partial charge in [-0.15, -0.1) is 0 Å². The minimum atomic E-state index is -2.77. The number of rotatable bonds is 0. The van der Waals surface area contributed by atoms with Gasteiger partial charge in [0.1, 0.15) is 0 Å². The molecule has 50 valence electrons. The van der Waals surface area contributed by atoms with Crippen LogP contribution in [-0.4, -0.2) is 0 Å². The fraction of sp³-hybridized carbons (Fsp3) is 0. The third-order valence-electron chi connectivity index (χ3n) is 0.556. The second kappa shape index (κ2) is 11.0. The third kappa shape index (κ3) is 11.6. The van der Waals surface area contributed by atoms with Crippen molar-refractivity contribution in [3.63, 3.8) is 0 Å². The van der Waals surface area contributed by atoms with Crippen molar-refractivity contribution in [3.8, 4) is 0 Å². The van der Waals surface area contributed by atoms with E-state index < -0.39 is 24.5 Å². The standard InChI is InChI=1S/C5H5.CH3.2FH.Zr/c1-2-4-5-3-1;;;;/h1-5H;1H3;2*1H;/q2*-1;;;+4/p-2. The Kier molecular flexibility index (Phi) is 14.4. The van der Waals surface area contributed by atoms with Gasteiger partial charge < -0.3 is 7.43 Å². The van der Waals surface area contributed by atoms with Crippen LogP contribution >= 0.6 is 0 Å². The molecule has 9 heavy (non-hydrogen) atoms. The van der Waals surface area contributed by atoms with E-state index in [9.17, 15) is 5.25 Å². The Hall–Kier alpha value is 0.0931. The molecule has 0 aliphatic heterocycles. The maximum Gasteiger partial charge on any atom is -0.172 e. The van der Waals surface area contributed by atoms with Gasteiger partial charge in [0, 0.05) is 0 Å². The molecule has 1 rings (SSSR count). The molecule has 0 saturated heterocycles. The Morgan fingerprint density at radius 3 is 1.56 bits per heavy atom. The minimum Gasteiger partial charge on any atom is -0.214 e. The van der Waals surface area contributed by atoms with Crippen molar-refractivity contribution in [1.29, 1.82) is 0 Å². The zero-order valence-corrected chi connectivity index (χ0v) is 7.60. The Morgan fingerprint density at radius 2 is 1.44 bits per heavy atom. The van der Waals surface area contributed by atoms with Gasteiger partial charge in [0.2, 0.25) is 0 Å². The third-order valence-corrected chi connectivity index (χ3v) is 0.556. The van der Waals surface area contributed by atoms with Crippen molar-refractivity contribution in [2.45, 2.75) is 0 Å². The molecular formula is C6H8F2Zr. The smallest absolute Gasteiger partial charge is 0.172 e. The summed E-state index contributed by atoms with van der Waals surface area (Å²) in [5.41, 5.74) is 0. The maximum absolute atomic E-state index is 9.80. The molecule has 0 nitrogen and oxygen atoms in total. The molecule has 0 N–H and O–H groups in total. The van der Waals surface area contributed by atoms with Crippen LogP contribution in [0.2, 0.25) is 0 Å². The summed E-state index contributed by atoms with van der Waals surface area (Å²) in [4.78, 5) is 0. The van der Waals surface area contributed by atoms with Crippen molar-refractivity contribution >= 4 is 0 Å². The van der Waals surface area contributed by atoms with E-state index in [1.54, 1.807) is 0 Å². The molecule has 0 amide bonds. The topological polar surface area (TPSA) is 0 Å². The van der Waals surface area contributed by atoms with Crippen LogP contribution in [0.15, 0.2) is 30.3 Å². The second-order valence-electron chi connectivity index (χ2n) is 1.03. The summed E-state index contributed by atoms with van der Waals surface area (Å²) in [5.74, 6) is 0. The van der Waals surface area contributed by atoms with Crippen LogP contribution in [0.25, 0.3) is 0 Å². The maximum atomic E-state index is 9.80. The summed E-state index contributed by atoms with van der Waals surface area (Å²) >= 11 is -2.77. The first-order valence-electron chi connectivity index (χ1n) is 2.04. The predicted molar refractivity (Wildman–Crippen MR) is 30.7 cm³/mol. The first-order valence-corrected chi connectivity index (χ1v) is 3.90. The van der Waals surface area contributed by atoms with E-state index in [0.717, 1.165) is 0 Å². The zero-order chi connectivity index (χ0) is 6.24. The van der Waals surface area contributed by atoms with E-state index in [2.05, 4.69) is 0 Å². The van der Waals surface area contributed by atoms with Crippen LogP contribution in [0.3, 0.4) is 0 Å². The Labute approximate surface area is 67.6 Å². The first kappa shape index (κ1) is 11.8. The van der Waals surface area contributed by atoms with Gasteiger partial charge in [0.25, 0.3) is 0 Å². The molecule has 0 fully saturated rings. The van der Waals surface area contributed by atoms with Gasteiger partial charge in [-0.2, -0.15) is 18.2 Å². The Bertz CT molecular complexity index is 78.0. The molecule has 0 atom stereocenters. The minimum absolute atomic E-state index is 0. The van der Waals surface area contributed by atoms with E-state index >= 15 is 0 Å². The van der Waals surface area contributed by atoms with Crippen molar-refractivity contribution in [1.82, 2.24) is 0 Å². The van der Waals surface area contributed by atoms with E-state index in [0.29, 0.717) is 0 Å². The van der Waals surface area contributed by atoms with Gasteiger partial charge in [-0.05, 0) is 0 Å². The van der Waals surface area contributed by atoms with Crippen LogP contribution in [0.1, 0.15) is 0 Å². The summed E-state index contributed by atoms with van der Waals surface area (Å²) in [6.07, 6.45) is 0. The van der Waals surface area contributed by atoms with Gasteiger partial charge in [0.05, 0.1) is 0 Å². The summed E-state index contributed by atoms with van der Waals surface area (Å²) < 4.78 is 19.6. The molecule has 0 spiro atoms. The van der Waals surface area contributed by atoms with Gasteiger partial charge in [0.15, 0.2) is 0 Å². The van der Waals surface area contributed by atoms with Crippen LogP contribution < -0.4 is 0 Å². The molecule has 0 aliphatic carbocycles. The van der Waals surface area contributed by atoms with E-state index in [4.69, 9.17) is 0 Å². The largest absolute Gasteiger partial charge is 0.214 e. The molecule has 0 aromatic heterocycles. The number of halogens is 2. The summed E-state index contributed by atoms with van der Waals surface area (Å²) in [6.45, 7) is 0. The summed E-state index contributed by atoms with van der Waals surface area (Å²) in [6, 6.07) is 10.0. The molecule has 0 unspecified atom stereocenters. The quantitative estimate of drug-likeness (QED) is 0.576. The Balaban J connectivity index is 0. The SMILES string of the molecule is [CH3-].[F][Zr+2][F].c1cc[cH-]c1. The number of hydrogen-bond donors (Lipinski definition) is 0. The van der Waals surface area contributed by atoms with Gasteiger partial charge >= 0.3 is 29.7 Å². The molecular weight excluding hydrogens is 201 g/mol. The molecule has 0 heterocycles. The molecule has 0 radical (unpaired) electrons. The van der Waals surface area contributed by atoms with Gasteiger partial charge in [-0.1, -0.05) is 0 Å². The van der Waals surface area contributed by atoms with E-state index in [1.165, 1.54) is 0 Å². The molecule has 0 saturated carbocycles. The van der Waals surface area contributed by atoms with E-state index in [-0.39, 0.29) is 7.43 Å².